The van der Waals surface area contributed by atoms with E-state index in [1.807, 2.05) is 0 Å². The normalized spacial score (nSPS) is 40.9. The van der Waals surface area contributed by atoms with Gasteiger partial charge in [-0.3, -0.25) is 9.80 Å². The summed E-state index contributed by atoms with van der Waals surface area (Å²) in [5.74, 6) is 0. The van der Waals surface area contributed by atoms with Crippen LogP contribution in [0.25, 0.3) is 0 Å². The third-order valence-electron chi connectivity index (χ3n) is 5.08. The Morgan fingerprint density at radius 2 is 1.88 bits per heavy atom. The quantitative estimate of drug-likeness (QED) is 0.803. The number of likely N-dealkylation sites (N-methyl/N-ethyl adjacent to an activating group) is 1. The van der Waals surface area contributed by atoms with Crippen LogP contribution in [0.4, 0.5) is 0 Å². The Morgan fingerprint density at radius 3 is 2.35 bits per heavy atom. The average molecular weight is 239 g/mol. The van der Waals surface area contributed by atoms with Gasteiger partial charge in [0.05, 0.1) is 0 Å². The zero-order valence-corrected chi connectivity index (χ0v) is 12.0. The van der Waals surface area contributed by atoms with Crippen molar-refractivity contribution >= 4 is 0 Å². The van der Waals surface area contributed by atoms with E-state index in [-0.39, 0.29) is 0 Å². The highest BCUT2D eigenvalue weighted by Gasteiger charge is 2.36. The lowest BCUT2D eigenvalue weighted by molar-refractivity contribution is 0.0340. The van der Waals surface area contributed by atoms with Crippen LogP contribution < -0.4 is 5.32 Å². The van der Waals surface area contributed by atoms with Crippen molar-refractivity contribution in [3.63, 3.8) is 0 Å². The van der Waals surface area contributed by atoms with Crippen LogP contribution in [0.1, 0.15) is 33.6 Å². The molecule has 100 valence electrons. The molecule has 0 amide bonds. The molecule has 2 aliphatic rings. The van der Waals surface area contributed by atoms with Gasteiger partial charge in [-0.25, -0.2) is 0 Å². The summed E-state index contributed by atoms with van der Waals surface area (Å²) in [5, 5.41) is 3.55. The second kappa shape index (κ2) is 5.25. The number of rotatable bonds is 3. The minimum Gasteiger partial charge on any atom is -0.316 e. The van der Waals surface area contributed by atoms with Crippen LogP contribution in [0.3, 0.4) is 0 Å². The number of piperazine rings is 1. The molecule has 2 rings (SSSR count). The minimum absolute atomic E-state index is 0.551. The second-order valence-corrected chi connectivity index (χ2v) is 6.34. The first-order valence-electron chi connectivity index (χ1n) is 7.21. The molecule has 0 aromatic heterocycles. The molecular weight excluding hydrogens is 210 g/mol. The molecular formula is C14H29N3. The SMILES string of the molecule is CCC1(CN2CC(C)N(C)C(C)C2)CCNC1. The molecule has 3 heteroatoms. The molecule has 2 aliphatic heterocycles. The molecule has 2 heterocycles. The monoisotopic (exact) mass is 239 g/mol. The number of nitrogens with one attached hydrogen (secondary N) is 1. The summed E-state index contributed by atoms with van der Waals surface area (Å²) in [6, 6.07) is 1.39. The van der Waals surface area contributed by atoms with Gasteiger partial charge in [0.15, 0.2) is 0 Å². The van der Waals surface area contributed by atoms with Crippen LogP contribution >= 0.6 is 0 Å². The topological polar surface area (TPSA) is 18.5 Å². The van der Waals surface area contributed by atoms with Gasteiger partial charge in [0, 0.05) is 38.3 Å². The maximum Gasteiger partial charge on any atom is 0.0195 e. The molecule has 1 N–H and O–H groups in total. The summed E-state index contributed by atoms with van der Waals surface area (Å²) in [7, 11) is 2.26. The molecule has 0 radical (unpaired) electrons. The van der Waals surface area contributed by atoms with E-state index in [1.165, 1.54) is 45.6 Å². The molecule has 17 heavy (non-hydrogen) atoms. The summed E-state index contributed by atoms with van der Waals surface area (Å²) < 4.78 is 0. The Hall–Kier alpha value is -0.120. The fourth-order valence-electron chi connectivity index (χ4n) is 3.46. The number of hydrogen-bond acceptors (Lipinski definition) is 3. The molecule has 3 atom stereocenters. The van der Waals surface area contributed by atoms with Gasteiger partial charge in [0.1, 0.15) is 0 Å². The molecule has 2 fully saturated rings. The third kappa shape index (κ3) is 2.83. The Labute approximate surface area is 107 Å². The van der Waals surface area contributed by atoms with Crippen molar-refractivity contribution < 1.29 is 0 Å². The molecule has 0 saturated carbocycles. The van der Waals surface area contributed by atoms with Crippen molar-refractivity contribution in [3.8, 4) is 0 Å². The van der Waals surface area contributed by atoms with Crippen LogP contribution in [-0.2, 0) is 0 Å². The molecule has 0 aliphatic carbocycles. The number of hydrogen-bond donors (Lipinski definition) is 1. The van der Waals surface area contributed by atoms with E-state index in [0.717, 1.165) is 0 Å². The zero-order valence-electron chi connectivity index (χ0n) is 12.0. The van der Waals surface area contributed by atoms with E-state index >= 15 is 0 Å². The lowest BCUT2D eigenvalue weighted by atomic mass is 9.83. The number of nitrogens with zero attached hydrogens (tertiary/aromatic N) is 2. The van der Waals surface area contributed by atoms with Crippen molar-refractivity contribution in [2.75, 3.05) is 39.8 Å². The van der Waals surface area contributed by atoms with E-state index in [4.69, 9.17) is 0 Å². The van der Waals surface area contributed by atoms with E-state index in [1.54, 1.807) is 0 Å². The fourth-order valence-corrected chi connectivity index (χ4v) is 3.46. The van der Waals surface area contributed by atoms with Crippen LogP contribution in [-0.4, -0.2) is 61.7 Å². The third-order valence-corrected chi connectivity index (χ3v) is 5.08. The maximum absolute atomic E-state index is 3.55. The van der Waals surface area contributed by atoms with Crippen molar-refractivity contribution in [1.82, 2.24) is 15.1 Å². The van der Waals surface area contributed by atoms with Crippen molar-refractivity contribution in [1.29, 1.82) is 0 Å². The molecule has 3 unspecified atom stereocenters. The van der Waals surface area contributed by atoms with Gasteiger partial charge >= 0.3 is 0 Å². The van der Waals surface area contributed by atoms with E-state index in [9.17, 15) is 0 Å². The molecule has 2 saturated heterocycles. The first-order valence-corrected chi connectivity index (χ1v) is 7.21. The summed E-state index contributed by atoms with van der Waals surface area (Å²) in [5.41, 5.74) is 0.551. The minimum atomic E-state index is 0.551. The Morgan fingerprint density at radius 1 is 1.24 bits per heavy atom. The molecule has 0 aromatic carbocycles. The van der Waals surface area contributed by atoms with E-state index < -0.39 is 0 Å². The van der Waals surface area contributed by atoms with Crippen molar-refractivity contribution in [2.24, 2.45) is 5.41 Å². The largest absolute Gasteiger partial charge is 0.316 e. The Kier molecular flexibility index (Phi) is 4.11. The second-order valence-electron chi connectivity index (χ2n) is 6.34. The van der Waals surface area contributed by atoms with Crippen LogP contribution in [0.5, 0.6) is 0 Å². The van der Waals surface area contributed by atoms with Gasteiger partial charge in [-0.05, 0) is 45.7 Å². The maximum atomic E-state index is 3.55. The summed E-state index contributed by atoms with van der Waals surface area (Å²) in [6.45, 7) is 13.3. The molecule has 0 bridgehead atoms. The Balaban J connectivity index is 1.94. The van der Waals surface area contributed by atoms with Crippen LogP contribution in [0, 0.1) is 5.41 Å². The van der Waals surface area contributed by atoms with E-state index in [0.29, 0.717) is 17.5 Å². The van der Waals surface area contributed by atoms with Crippen LogP contribution in [0.15, 0.2) is 0 Å². The highest BCUT2D eigenvalue weighted by molar-refractivity contribution is 4.92. The van der Waals surface area contributed by atoms with E-state index in [2.05, 4.69) is 42.9 Å². The molecule has 3 nitrogen and oxygen atoms in total. The van der Waals surface area contributed by atoms with Gasteiger partial charge in [-0.1, -0.05) is 6.92 Å². The fraction of sp³-hybridized carbons (Fsp3) is 1.00. The predicted octanol–water partition coefficient (Wildman–Crippen LogP) is 1.40. The van der Waals surface area contributed by atoms with Crippen LogP contribution in [0.2, 0.25) is 0 Å². The summed E-state index contributed by atoms with van der Waals surface area (Å²) in [6.07, 6.45) is 2.67. The van der Waals surface area contributed by atoms with Crippen molar-refractivity contribution in [2.45, 2.75) is 45.7 Å². The summed E-state index contributed by atoms with van der Waals surface area (Å²) >= 11 is 0. The van der Waals surface area contributed by atoms with Gasteiger partial charge in [0.2, 0.25) is 0 Å². The summed E-state index contributed by atoms with van der Waals surface area (Å²) in [4.78, 5) is 5.22. The van der Waals surface area contributed by atoms with Gasteiger partial charge < -0.3 is 5.32 Å². The van der Waals surface area contributed by atoms with Gasteiger partial charge in [-0.15, -0.1) is 0 Å². The Bertz CT molecular complexity index is 236. The highest BCUT2D eigenvalue weighted by Crippen LogP contribution is 2.31. The highest BCUT2D eigenvalue weighted by atomic mass is 15.3. The average Bonchev–Trinajstić information content (AvgIpc) is 2.75. The zero-order chi connectivity index (χ0) is 12.5. The molecule has 0 aromatic rings. The molecule has 0 spiro atoms. The smallest absolute Gasteiger partial charge is 0.0195 e. The van der Waals surface area contributed by atoms with Gasteiger partial charge in [0.25, 0.3) is 0 Å². The predicted molar refractivity (Wildman–Crippen MR) is 73.3 cm³/mol. The standard InChI is InChI=1S/C14H29N3/c1-5-14(6-7-15-10-14)11-17-8-12(2)16(4)13(3)9-17/h12-13,15H,5-11H2,1-4H3. The first-order chi connectivity index (χ1) is 8.06. The first kappa shape index (κ1) is 13.3. The lowest BCUT2D eigenvalue weighted by Crippen LogP contribution is -2.57. The van der Waals surface area contributed by atoms with Crippen molar-refractivity contribution in [3.05, 3.63) is 0 Å². The lowest BCUT2D eigenvalue weighted by Gasteiger charge is -2.45. The van der Waals surface area contributed by atoms with Gasteiger partial charge in [-0.2, -0.15) is 0 Å².